The van der Waals surface area contributed by atoms with E-state index in [-0.39, 0.29) is 0 Å². The van der Waals surface area contributed by atoms with Crippen molar-refractivity contribution in [3.63, 3.8) is 0 Å². The van der Waals surface area contributed by atoms with E-state index in [1.54, 1.807) is 0 Å². The summed E-state index contributed by atoms with van der Waals surface area (Å²) in [6.07, 6.45) is 0. The predicted octanol–water partition coefficient (Wildman–Crippen LogP) is 2.42. The van der Waals surface area contributed by atoms with E-state index < -0.39 is 0 Å². The molecule has 1 aromatic rings. The molecule has 0 unspecified atom stereocenters. The summed E-state index contributed by atoms with van der Waals surface area (Å²) in [5.41, 5.74) is 10.6. The van der Waals surface area contributed by atoms with Crippen LogP contribution in [-0.4, -0.2) is 0 Å². The number of nitrogen functional groups attached to an aromatic ring is 1. The molecular weight excluding hydrogens is 162 g/mol. The zero-order chi connectivity index (χ0) is 9.42. The molecule has 0 amide bonds. The van der Waals surface area contributed by atoms with Gasteiger partial charge in [-0.25, -0.2) is 0 Å². The van der Waals surface area contributed by atoms with Crippen LogP contribution in [0.4, 0.5) is 5.69 Å². The van der Waals surface area contributed by atoms with Crippen molar-refractivity contribution in [2.75, 3.05) is 5.73 Å². The molecule has 0 saturated carbocycles. The first kappa shape index (κ1) is 8.57. The zero-order valence-corrected chi connectivity index (χ0v) is 8.13. The van der Waals surface area contributed by atoms with E-state index in [0.29, 0.717) is 5.92 Å². The molecule has 2 heteroatoms. The lowest BCUT2D eigenvalue weighted by atomic mass is 9.96. The molecule has 1 aliphatic rings. The van der Waals surface area contributed by atoms with Crippen molar-refractivity contribution in [1.29, 1.82) is 0 Å². The van der Waals surface area contributed by atoms with E-state index >= 15 is 0 Å². The van der Waals surface area contributed by atoms with E-state index in [4.69, 9.17) is 10.5 Å². The van der Waals surface area contributed by atoms with Crippen LogP contribution in [0, 0.1) is 0 Å². The van der Waals surface area contributed by atoms with E-state index in [9.17, 15) is 0 Å². The van der Waals surface area contributed by atoms with E-state index in [0.717, 1.165) is 18.9 Å². The predicted molar refractivity (Wildman–Crippen MR) is 53.4 cm³/mol. The molecule has 0 aliphatic carbocycles. The van der Waals surface area contributed by atoms with Crippen LogP contribution in [0.1, 0.15) is 36.5 Å². The van der Waals surface area contributed by atoms with Gasteiger partial charge in [0.25, 0.3) is 0 Å². The lowest BCUT2D eigenvalue weighted by molar-refractivity contribution is 0.134. The van der Waals surface area contributed by atoms with Gasteiger partial charge in [-0.3, -0.25) is 0 Å². The minimum absolute atomic E-state index is 0.492. The summed E-state index contributed by atoms with van der Waals surface area (Å²) in [5.74, 6) is 0.492. The second kappa shape index (κ2) is 3.04. The van der Waals surface area contributed by atoms with Crippen LogP contribution in [0.3, 0.4) is 0 Å². The number of anilines is 1. The van der Waals surface area contributed by atoms with E-state index in [2.05, 4.69) is 26.0 Å². The molecular formula is C11H15NO. The highest BCUT2D eigenvalue weighted by Crippen LogP contribution is 2.29. The first-order valence-electron chi connectivity index (χ1n) is 4.67. The molecule has 13 heavy (non-hydrogen) atoms. The van der Waals surface area contributed by atoms with Crippen molar-refractivity contribution >= 4 is 5.69 Å². The van der Waals surface area contributed by atoms with Crippen molar-refractivity contribution < 1.29 is 4.74 Å². The number of rotatable bonds is 1. The Bertz CT molecular complexity index is 331. The molecule has 2 N–H and O–H groups in total. The molecule has 2 rings (SSSR count). The minimum Gasteiger partial charge on any atom is -0.398 e. The summed E-state index contributed by atoms with van der Waals surface area (Å²) < 4.78 is 5.35. The van der Waals surface area contributed by atoms with Crippen LogP contribution in [0.25, 0.3) is 0 Å². The number of hydrogen-bond donors (Lipinski definition) is 1. The van der Waals surface area contributed by atoms with Gasteiger partial charge in [0.1, 0.15) is 0 Å². The Morgan fingerprint density at radius 3 is 2.46 bits per heavy atom. The molecule has 0 saturated heterocycles. The minimum atomic E-state index is 0.492. The summed E-state index contributed by atoms with van der Waals surface area (Å²) in [6, 6.07) is 4.24. The SMILES string of the molecule is CC(C)c1cc2c(cc1N)COC2. The van der Waals surface area contributed by atoms with Crippen LogP contribution in [0.15, 0.2) is 12.1 Å². The third-order valence-corrected chi connectivity index (χ3v) is 2.54. The summed E-state index contributed by atoms with van der Waals surface area (Å²) in [5, 5.41) is 0. The Labute approximate surface area is 78.7 Å². The molecule has 1 heterocycles. The molecule has 0 spiro atoms. The van der Waals surface area contributed by atoms with Gasteiger partial charge >= 0.3 is 0 Å². The molecule has 0 aromatic heterocycles. The Morgan fingerprint density at radius 1 is 1.23 bits per heavy atom. The number of ether oxygens (including phenoxy) is 1. The summed E-state index contributed by atoms with van der Waals surface area (Å²) >= 11 is 0. The van der Waals surface area contributed by atoms with Gasteiger partial charge in [0.05, 0.1) is 13.2 Å². The highest BCUT2D eigenvalue weighted by atomic mass is 16.5. The van der Waals surface area contributed by atoms with Gasteiger partial charge in [-0.2, -0.15) is 0 Å². The second-order valence-corrected chi connectivity index (χ2v) is 3.90. The monoisotopic (exact) mass is 177 g/mol. The smallest absolute Gasteiger partial charge is 0.0725 e. The molecule has 70 valence electrons. The summed E-state index contributed by atoms with van der Waals surface area (Å²) in [6.45, 7) is 5.79. The highest BCUT2D eigenvalue weighted by molar-refractivity contribution is 5.54. The van der Waals surface area contributed by atoms with Gasteiger partial charge in [0.15, 0.2) is 0 Å². The van der Waals surface area contributed by atoms with Crippen LogP contribution in [0.2, 0.25) is 0 Å². The first-order valence-corrected chi connectivity index (χ1v) is 4.67. The fourth-order valence-electron chi connectivity index (χ4n) is 1.77. The second-order valence-electron chi connectivity index (χ2n) is 3.90. The van der Waals surface area contributed by atoms with Crippen LogP contribution < -0.4 is 5.73 Å². The third kappa shape index (κ3) is 1.42. The fraction of sp³-hybridized carbons (Fsp3) is 0.455. The van der Waals surface area contributed by atoms with Crippen LogP contribution >= 0.6 is 0 Å². The number of benzene rings is 1. The molecule has 0 radical (unpaired) electrons. The molecule has 2 nitrogen and oxygen atoms in total. The van der Waals surface area contributed by atoms with Crippen molar-refractivity contribution in [3.8, 4) is 0 Å². The lowest BCUT2D eigenvalue weighted by Gasteiger charge is -2.11. The lowest BCUT2D eigenvalue weighted by Crippen LogP contribution is -1.98. The van der Waals surface area contributed by atoms with Gasteiger partial charge in [-0.1, -0.05) is 19.9 Å². The maximum Gasteiger partial charge on any atom is 0.0725 e. The molecule has 1 aromatic carbocycles. The van der Waals surface area contributed by atoms with E-state index in [1.165, 1.54) is 16.7 Å². The summed E-state index contributed by atoms with van der Waals surface area (Å²) in [7, 11) is 0. The Balaban J connectivity index is 2.49. The molecule has 1 aliphatic heterocycles. The first-order chi connectivity index (χ1) is 6.18. The highest BCUT2D eigenvalue weighted by Gasteiger charge is 2.14. The molecule has 0 atom stereocenters. The van der Waals surface area contributed by atoms with Gasteiger partial charge in [-0.05, 0) is 28.7 Å². The largest absolute Gasteiger partial charge is 0.398 e. The van der Waals surface area contributed by atoms with Crippen molar-refractivity contribution in [2.45, 2.75) is 33.0 Å². The van der Waals surface area contributed by atoms with Crippen molar-refractivity contribution in [1.82, 2.24) is 0 Å². The molecule has 0 bridgehead atoms. The van der Waals surface area contributed by atoms with Crippen molar-refractivity contribution in [2.24, 2.45) is 0 Å². The van der Waals surface area contributed by atoms with Gasteiger partial charge < -0.3 is 10.5 Å². The van der Waals surface area contributed by atoms with Gasteiger partial charge in [-0.15, -0.1) is 0 Å². The normalized spacial score (nSPS) is 15.0. The van der Waals surface area contributed by atoms with Crippen LogP contribution in [0.5, 0.6) is 0 Å². The Morgan fingerprint density at radius 2 is 1.85 bits per heavy atom. The third-order valence-electron chi connectivity index (χ3n) is 2.54. The van der Waals surface area contributed by atoms with Crippen molar-refractivity contribution in [3.05, 3.63) is 28.8 Å². The van der Waals surface area contributed by atoms with E-state index in [1.807, 2.05) is 0 Å². The zero-order valence-electron chi connectivity index (χ0n) is 8.13. The topological polar surface area (TPSA) is 35.2 Å². The average molecular weight is 177 g/mol. The standard InChI is InChI=1S/C11H15NO/c1-7(2)10-3-8-5-13-6-9(8)4-11(10)12/h3-4,7H,5-6,12H2,1-2H3. The quantitative estimate of drug-likeness (QED) is 0.668. The van der Waals surface area contributed by atoms with Gasteiger partial charge in [0, 0.05) is 5.69 Å². The summed E-state index contributed by atoms with van der Waals surface area (Å²) in [4.78, 5) is 0. The van der Waals surface area contributed by atoms with Crippen LogP contribution in [-0.2, 0) is 18.0 Å². The number of fused-ring (bicyclic) bond motifs is 1. The number of nitrogens with two attached hydrogens (primary N) is 1. The molecule has 0 fully saturated rings. The maximum atomic E-state index is 5.94. The average Bonchev–Trinajstić information content (AvgIpc) is 2.48. The Hall–Kier alpha value is -1.02. The Kier molecular flexibility index (Phi) is 2.00. The maximum absolute atomic E-state index is 5.94. The fourth-order valence-corrected chi connectivity index (χ4v) is 1.77. The number of hydrogen-bond acceptors (Lipinski definition) is 2. The van der Waals surface area contributed by atoms with Gasteiger partial charge in [0.2, 0.25) is 0 Å².